The Labute approximate surface area is 105 Å². The third kappa shape index (κ3) is 3.11. The van der Waals surface area contributed by atoms with Crippen molar-refractivity contribution in [1.82, 2.24) is 9.97 Å². The summed E-state index contributed by atoms with van der Waals surface area (Å²) < 4.78 is 0. The summed E-state index contributed by atoms with van der Waals surface area (Å²) in [7, 11) is 1.00. The molecule has 18 heavy (non-hydrogen) atoms. The molecule has 0 fully saturated rings. The number of hydrogen-bond acceptors (Lipinski definition) is 5. The lowest BCUT2D eigenvalue weighted by Gasteiger charge is -2.03. The van der Waals surface area contributed by atoms with Gasteiger partial charge in [0.1, 0.15) is 5.69 Å². The normalized spacial score (nSPS) is 9.28. The van der Waals surface area contributed by atoms with Gasteiger partial charge in [0.2, 0.25) is 0 Å². The quantitative estimate of drug-likeness (QED) is 0.782. The summed E-state index contributed by atoms with van der Waals surface area (Å²) in [5.74, 6) is 0.158. The predicted molar refractivity (Wildman–Crippen MR) is 70.1 cm³/mol. The molecule has 2 aromatic rings. The maximum absolute atomic E-state index is 10.7. The van der Waals surface area contributed by atoms with E-state index in [-0.39, 0.29) is 11.5 Å². The van der Waals surface area contributed by atoms with Gasteiger partial charge in [-0.2, -0.15) is 0 Å². The topological polar surface area (TPSA) is 89.1 Å². The highest BCUT2D eigenvalue weighted by atomic mass is 16.2. The first-order valence-electron chi connectivity index (χ1n) is 5.30. The lowest BCUT2D eigenvalue weighted by atomic mass is 10.1. The molecule has 0 amide bonds. The number of aromatic nitrogens is 2. The van der Waals surface area contributed by atoms with Gasteiger partial charge < -0.3 is 10.8 Å². The molecule has 0 unspecified atom stereocenters. The van der Waals surface area contributed by atoms with Gasteiger partial charge in [-0.25, -0.2) is 9.97 Å². The average molecular weight is 245 g/mol. The molecule has 0 radical (unpaired) electrons. The van der Waals surface area contributed by atoms with Crippen molar-refractivity contribution >= 4 is 12.1 Å². The minimum absolute atomic E-state index is 0.158. The van der Waals surface area contributed by atoms with Crippen LogP contribution in [0.25, 0.3) is 11.3 Å². The molecule has 5 nitrogen and oxygen atoms in total. The van der Waals surface area contributed by atoms with Crippen LogP contribution in [0, 0.1) is 6.92 Å². The van der Waals surface area contributed by atoms with Crippen molar-refractivity contribution < 1.29 is 9.90 Å². The maximum Gasteiger partial charge on any atom is 0.172 e. The minimum atomic E-state index is 0.158. The van der Waals surface area contributed by atoms with E-state index in [1.54, 1.807) is 6.20 Å². The number of benzene rings is 1. The van der Waals surface area contributed by atoms with Gasteiger partial charge in [-0.05, 0) is 6.92 Å². The predicted octanol–water partition coefficient (Wildman–Crippen LogP) is 1.46. The molecule has 1 aromatic carbocycles. The van der Waals surface area contributed by atoms with Gasteiger partial charge in [0.05, 0.1) is 11.9 Å². The molecule has 0 atom stereocenters. The van der Waals surface area contributed by atoms with Crippen LogP contribution in [0.5, 0.6) is 0 Å². The van der Waals surface area contributed by atoms with Gasteiger partial charge in [0.25, 0.3) is 0 Å². The summed E-state index contributed by atoms with van der Waals surface area (Å²) in [6.07, 6.45) is 2.17. The molecule has 0 aliphatic carbocycles. The van der Waals surface area contributed by atoms with E-state index < -0.39 is 0 Å². The molecule has 0 aliphatic heterocycles. The Morgan fingerprint density at radius 3 is 2.39 bits per heavy atom. The highest BCUT2D eigenvalue weighted by molar-refractivity contribution is 5.79. The zero-order valence-corrected chi connectivity index (χ0v) is 10.3. The van der Waals surface area contributed by atoms with E-state index in [2.05, 4.69) is 9.97 Å². The van der Waals surface area contributed by atoms with Crippen molar-refractivity contribution in [3.63, 3.8) is 0 Å². The monoisotopic (exact) mass is 245 g/mol. The molecule has 94 valence electrons. The standard InChI is InChI=1S/C12H11N3O.CH4O/c1-8-2-4-9(5-3-8)10-6-14-12(13)11(7-16)15-10;1-2/h2-7H,1H3,(H2,13,14);2H,1H3. The van der Waals surface area contributed by atoms with E-state index in [0.717, 1.165) is 12.7 Å². The van der Waals surface area contributed by atoms with Gasteiger partial charge >= 0.3 is 0 Å². The Bertz CT molecular complexity index is 524. The van der Waals surface area contributed by atoms with Crippen LogP contribution in [-0.4, -0.2) is 28.5 Å². The second-order valence-electron chi connectivity index (χ2n) is 3.51. The molecule has 0 bridgehead atoms. The first-order valence-corrected chi connectivity index (χ1v) is 5.30. The Morgan fingerprint density at radius 2 is 1.83 bits per heavy atom. The fourth-order valence-corrected chi connectivity index (χ4v) is 1.36. The molecule has 3 N–H and O–H groups in total. The molecular formula is C13H15N3O2. The summed E-state index contributed by atoms with van der Waals surface area (Å²) in [5.41, 5.74) is 8.41. The molecule has 5 heteroatoms. The van der Waals surface area contributed by atoms with Gasteiger partial charge in [0.15, 0.2) is 12.1 Å². The number of carbonyl (C=O) groups excluding carboxylic acids is 1. The number of anilines is 1. The number of aldehydes is 1. The highest BCUT2D eigenvalue weighted by Gasteiger charge is 2.05. The van der Waals surface area contributed by atoms with Crippen LogP contribution < -0.4 is 5.73 Å². The summed E-state index contributed by atoms with van der Waals surface area (Å²) in [4.78, 5) is 18.8. The average Bonchev–Trinajstić information content (AvgIpc) is 2.43. The number of aliphatic hydroxyl groups excluding tert-OH is 1. The zero-order valence-electron chi connectivity index (χ0n) is 10.3. The Hall–Kier alpha value is -2.27. The molecule has 0 saturated carbocycles. The summed E-state index contributed by atoms with van der Waals surface area (Å²) >= 11 is 0. The smallest absolute Gasteiger partial charge is 0.172 e. The first kappa shape index (κ1) is 13.8. The van der Waals surface area contributed by atoms with Crippen molar-refractivity contribution in [1.29, 1.82) is 0 Å². The molecule has 2 rings (SSSR count). The molecule has 1 aromatic heterocycles. The van der Waals surface area contributed by atoms with E-state index in [1.165, 1.54) is 5.56 Å². The van der Waals surface area contributed by atoms with Crippen LogP contribution >= 0.6 is 0 Å². The molecule has 1 heterocycles. The van der Waals surface area contributed by atoms with Gasteiger partial charge in [-0.1, -0.05) is 29.8 Å². The molecule has 0 aliphatic rings. The van der Waals surface area contributed by atoms with E-state index in [4.69, 9.17) is 10.8 Å². The van der Waals surface area contributed by atoms with Crippen molar-refractivity contribution in [2.45, 2.75) is 6.92 Å². The number of aryl methyl sites for hydroxylation is 1. The SMILES string of the molecule is CO.Cc1ccc(-c2cnc(N)c(C=O)n2)cc1. The van der Waals surface area contributed by atoms with Crippen molar-refractivity contribution in [2.75, 3.05) is 12.8 Å². The first-order chi connectivity index (χ1) is 8.70. The van der Waals surface area contributed by atoms with Gasteiger partial charge in [-0.15, -0.1) is 0 Å². The lowest BCUT2D eigenvalue weighted by Crippen LogP contribution is -2.01. The number of rotatable bonds is 2. The van der Waals surface area contributed by atoms with Crippen molar-refractivity contribution in [3.8, 4) is 11.3 Å². The van der Waals surface area contributed by atoms with E-state index in [0.29, 0.717) is 12.0 Å². The minimum Gasteiger partial charge on any atom is -0.400 e. The van der Waals surface area contributed by atoms with Crippen molar-refractivity contribution in [3.05, 3.63) is 41.7 Å². The summed E-state index contributed by atoms with van der Waals surface area (Å²) in [5, 5.41) is 7.00. The highest BCUT2D eigenvalue weighted by Crippen LogP contribution is 2.18. The number of nitrogens with zero attached hydrogens (tertiary/aromatic N) is 2. The summed E-state index contributed by atoms with van der Waals surface area (Å²) in [6, 6.07) is 7.83. The second-order valence-corrected chi connectivity index (χ2v) is 3.51. The van der Waals surface area contributed by atoms with E-state index in [1.807, 2.05) is 31.2 Å². The van der Waals surface area contributed by atoms with Gasteiger partial charge in [-0.3, -0.25) is 4.79 Å². The van der Waals surface area contributed by atoms with E-state index >= 15 is 0 Å². The van der Waals surface area contributed by atoms with Crippen LogP contribution in [0.1, 0.15) is 16.1 Å². The maximum atomic E-state index is 10.7. The third-order valence-corrected chi connectivity index (χ3v) is 2.29. The second kappa shape index (κ2) is 6.46. The summed E-state index contributed by atoms with van der Waals surface area (Å²) in [6.45, 7) is 2.01. The molecule has 0 saturated heterocycles. The van der Waals surface area contributed by atoms with Gasteiger partial charge in [0, 0.05) is 12.7 Å². The largest absolute Gasteiger partial charge is 0.400 e. The number of nitrogens with two attached hydrogens (primary N) is 1. The van der Waals surface area contributed by atoms with Crippen molar-refractivity contribution in [2.24, 2.45) is 0 Å². The Morgan fingerprint density at radius 1 is 1.22 bits per heavy atom. The third-order valence-electron chi connectivity index (χ3n) is 2.29. The Balaban J connectivity index is 0.000000771. The van der Waals surface area contributed by atoms with Crippen LogP contribution in [0.2, 0.25) is 0 Å². The van der Waals surface area contributed by atoms with Crippen LogP contribution in [-0.2, 0) is 0 Å². The lowest BCUT2D eigenvalue weighted by molar-refractivity contribution is 0.111. The molecular weight excluding hydrogens is 230 g/mol. The van der Waals surface area contributed by atoms with Crippen LogP contribution in [0.15, 0.2) is 30.5 Å². The fourth-order valence-electron chi connectivity index (χ4n) is 1.36. The number of hydrogen-bond donors (Lipinski definition) is 2. The molecule has 0 spiro atoms. The van der Waals surface area contributed by atoms with Crippen LogP contribution in [0.3, 0.4) is 0 Å². The van der Waals surface area contributed by atoms with E-state index in [9.17, 15) is 4.79 Å². The zero-order chi connectivity index (χ0) is 13.5. The number of aliphatic hydroxyl groups is 1. The van der Waals surface area contributed by atoms with Crippen LogP contribution in [0.4, 0.5) is 5.82 Å². The number of nitrogen functional groups attached to an aromatic ring is 1. The number of carbonyl (C=O) groups is 1. The Kier molecular flexibility index (Phi) is 4.95. The fraction of sp³-hybridized carbons (Fsp3) is 0.154.